The molecule has 86 valence electrons. The van der Waals surface area contributed by atoms with E-state index < -0.39 is 23.9 Å². The molecule has 1 atom stereocenters. The zero-order valence-corrected chi connectivity index (χ0v) is 7.61. The molecule has 0 amide bonds. The number of halogens is 5. The molecule has 0 radical (unpaired) electrons. The second-order valence-corrected chi connectivity index (χ2v) is 3.05. The number of alkyl halides is 5. The average molecular weight is 229 g/mol. The molecule has 0 aromatic carbocycles. The highest BCUT2D eigenvalue weighted by Crippen LogP contribution is 2.43. The van der Waals surface area contributed by atoms with E-state index in [-0.39, 0.29) is 5.76 Å². The van der Waals surface area contributed by atoms with Gasteiger partial charge in [0.2, 0.25) is 0 Å². The van der Waals surface area contributed by atoms with Crippen LogP contribution in [0.15, 0.2) is 16.5 Å². The molecule has 2 nitrogen and oxygen atoms in total. The van der Waals surface area contributed by atoms with Gasteiger partial charge in [-0.3, -0.25) is 0 Å². The Kier molecular flexibility index (Phi) is 2.77. The minimum absolute atomic E-state index is 0.221. The molecule has 2 N–H and O–H groups in total. The van der Waals surface area contributed by atoms with Gasteiger partial charge in [0, 0.05) is 0 Å². The van der Waals surface area contributed by atoms with Crippen molar-refractivity contribution in [2.24, 2.45) is 5.73 Å². The lowest BCUT2D eigenvalue weighted by Crippen LogP contribution is -2.45. The van der Waals surface area contributed by atoms with E-state index in [1.54, 1.807) is 0 Å². The lowest BCUT2D eigenvalue weighted by molar-refractivity contribution is -0.292. The van der Waals surface area contributed by atoms with Gasteiger partial charge in [-0.1, -0.05) is 0 Å². The van der Waals surface area contributed by atoms with Crippen LogP contribution in [-0.4, -0.2) is 12.1 Å². The molecule has 0 aliphatic carbocycles. The highest BCUT2D eigenvalue weighted by atomic mass is 19.4. The molecule has 0 fully saturated rings. The minimum atomic E-state index is -5.69. The fraction of sp³-hybridized carbons (Fsp3) is 0.500. The molecule has 0 saturated carbocycles. The average Bonchev–Trinajstić information content (AvgIpc) is 2.48. The van der Waals surface area contributed by atoms with E-state index in [1.807, 2.05) is 0 Å². The van der Waals surface area contributed by atoms with Crippen LogP contribution in [0.25, 0.3) is 0 Å². The van der Waals surface area contributed by atoms with E-state index in [9.17, 15) is 22.0 Å². The molecule has 15 heavy (non-hydrogen) atoms. The van der Waals surface area contributed by atoms with Gasteiger partial charge < -0.3 is 10.2 Å². The standard InChI is InChI=1S/C8H8F5NO/c1-4-2-3-5(15-4)6(14)7(9,10)8(11,12)13/h2-3,6H,14H2,1H3/t6-/m1/s1. The fourth-order valence-electron chi connectivity index (χ4n) is 0.976. The third kappa shape index (κ3) is 2.11. The molecule has 0 bridgehead atoms. The van der Waals surface area contributed by atoms with Crippen molar-refractivity contribution < 1.29 is 26.4 Å². The molecule has 1 aromatic heterocycles. The number of rotatable bonds is 2. The van der Waals surface area contributed by atoms with Gasteiger partial charge in [-0.05, 0) is 19.1 Å². The van der Waals surface area contributed by atoms with Gasteiger partial charge in [0.1, 0.15) is 17.6 Å². The van der Waals surface area contributed by atoms with E-state index in [2.05, 4.69) is 4.42 Å². The summed E-state index contributed by atoms with van der Waals surface area (Å²) in [7, 11) is 0. The molecule has 0 aliphatic heterocycles. The van der Waals surface area contributed by atoms with Gasteiger partial charge in [-0.25, -0.2) is 0 Å². The first-order valence-electron chi connectivity index (χ1n) is 3.92. The predicted molar refractivity (Wildman–Crippen MR) is 41.4 cm³/mol. The summed E-state index contributed by atoms with van der Waals surface area (Å²) in [5.41, 5.74) is 4.81. The van der Waals surface area contributed by atoms with Crippen LogP contribution in [-0.2, 0) is 0 Å². The molecule has 7 heteroatoms. The monoisotopic (exact) mass is 229 g/mol. The third-order valence-corrected chi connectivity index (χ3v) is 1.84. The maximum atomic E-state index is 12.7. The van der Waals surface area contributed by atoms with E-state index >= 15 is 0 Å². The first-order chi connectivity index (χ1) is 6.66. The number of nitrogens with two attached hydrogens (primary N) is 1. The van der Waals surface area contributed by atoms with Crippen molar-refractivity contribution in [3.63, 3.8) is 0 Å². The summed E-state index contributed by atoms with van der Waals surface area (Å²) in [5, 5.41) is 0. The smallest absolute Gasteiger partial charge is 0.455 e. The van der Waals surface area contributed by atoms with E-state index in [0.29, 0.717) is 0 Å². The summed E-state index contributed by atoms with van der Waals surface area (Å²) < 4.78 is 65.8. The first kappa shape index (κ1) is 12.0. The number of hydrogen-bond acceptors (Lipinski definition) is 2. The molecule has 0 saturated heterocycles. The summed E-state index contributed by atoms with van der Waals surface area (Å²) >= 11 is 0. The highest BCUT2D eigenvalue weighted by Gasteiger charge is 2.62. The lowest BCUT2D eigenvalue weighted by atomic mass is 10.1. The Morgan fingerprint density at radius 1 is 1.20 bits per heavy atom. The van der Waals surface area contributed by atoms with Gasteiger partial charge in [-0.2, -0.15) is 22.0 Å². The van der Waals surface area contributed by atoms with Crippen LogP contribution in [0.5, 0.6) is 0 Å². The van der Waals surface area contributed by atoms with Gasteiger partial charge >= 0.3 is 12.1 Å². The van der Waals surface area contributed by atoms with Crippen LogP contribution in [0.4, 0.5) is 22.0 Å². The van der Waals surface area contributed by atoms with Crippen LogP contribution >= 0.6 is 0 Å². The largest absolute Gasteiger partial charge is 0.464 e. The second-order valence-electron chi connectivity index (χ2n) is 3.05. The fourth-order valence-corrected chi connectivity index (χ4v) is 0.976. The van der Waals surface area contributed by atoms with Crippen LogP contribution in [0.2, 0.25) is 0 Å². The topological polar surface area (TPSA) is 39.2 Å². The van der Waals surface area contributed by atoms with Crippen molar-refractivity contribution in [1.29, 1.82) is 0 Å². The highest BCUT2D eigenvalue weighted by molar-refractivity contribution is 5.13. The SMILES string of the molecule is Cc1ccc([C@@H](N)C(F)(F)C(F)(F)F)o1. The van der Waals surface area contributed by atoms with Crippen LogP contribution < -0.4 is 5.73 Å². The van der Waals surface area contributed by atoms with Gasteiger partial charge in [0.25, 0.3) is 0 Å². The summed E-state index contributed by atoms with van der Waals surface area (Å²) in [4.78, 5) is 0. The third-order valence-electron chi connectivity index (χ3n) is 1.84. The van der Waals surface area contributed by atoms with Crippen molar-refractivity contribution in [2.45, 2.75) is 25.1 Å². The van der Waals surface area contributed by atoms with Crippen molar-refractivity contribution >= 4 is 0 Å². The number of aryl methyl sites for hydroxylation is 1. The summed E-state index contributed by atoms with van der Waals surface area (Å²) in [6, 6.07) is -0.257. The minimum Gasteiger partial charge on any atom is -0.464 e. The van der Waals surface area contributed by atoms with Crippen LogP contribution in [0, 0.1) is 6.92 Å². The molecule has 1 heterocycles. The molecule has 1 aromatic rings. The van der Waals surface area contributed by atoms with Crippen LogP contribution in [0.1, 0.15) is 17.6 Å². The Morgan fingerprint density at radius 3 is 2.07 bits per heavy atom. The van der Waals surface area contributed by atoms with Crippen molar-refractivity contribution in [3.05, 3.63) is 23.7 Å². The van der Waals surface area contributed by atoms with Gasteiger partial charge in [-0.15, -0.1) is 0 Å². The van der Waals surface area contributed by atoms with Crippen LogP contribution in [0.3, 0.4) is 0 Å². The molecular formula is C8H8F5NO. The Balaban J connectivity index is 2.99. The molecule has 0 unspecified atom stereocenters. The number of furan rings is 1. The Bertz CT molecular complexity index is 343. The summed E-state index contributed by atoms with van der Waals surface area (Å²) in [6.45, 7) is 1.42. The Morgan fingerprint density at radius 2 is 1.73 bits per heavy atom. The maximum Gasteiger partial charge on any atom is 0.455 e. The van der Waals surface area contributed by atoms with E-state index in [0.717, 1.165) is 6.07 Å². The molecular weight excluding hydrogens is 221 g/mol. The zero-order valence-electron chi connectivity index (χ0n) is 7.61. The summed E-state index contributed by atoms with van der Waals surface area (Å²) in [5.74, 6) is -5.37. The normalized spacial score (nSPS) is 15.4. The first-order valence-corrected chi connectivity index (χ1v) is 3.92. The molecule has 0 spiro atoms. The van der Waals surface area contributed by atoms with Crippen molar-refractivity contribution in [3.8, 4) is 0 Å². The second kappa shape index (κ2) is 3.48. The van der Waals surface area contributed by atoms with Gasteiger partial charge in [0.05, 0.1) is 0 Å². The molecule has 0 aliphatic rings. The van der Waals surface area contributed by atoms with Crippen molar-refractivity contribution in [2.75, 3.05) is 0 Å². The Hall–Kier alpha value is -1.11. The predicted octanol–water partition coefficient (Wildman–Crippen LogP) is 2.79. The van der Waals surface area contributed by atoms with Crippen molar-refractivity contribution in [1.82, 2.24) is 0 Å². The maximum absolute atomic E-state index is 12.7. The van der Waals surface area contributed by atoms with Gasteiger partial charge in [0.15, 0.2) is 0 Å². The van der Waals surface area contributed by atoms with E-state index in [4.69, 9.17) is 5.73 Å². The number of hydrogen-bond donors (Lipinski definition) is 1. The summed E-state index contributed by atoms with van der Waals surface area (Å²) in [6.07, 6.45) is -5.69. The molecule has 1 rings (SSSR count). The quantitative estimate of drug-likeness (QED) is 0.792. The lowest BCUT2D eigenvalue weighted by Gasteiger charge is -2.24. The van der Waals surface area contributed by atoms with E-state index in [1.165, 1.54) is 13.0 Å². The zero-order chi connectivity index (χ0) is 11.9. The Labute approximate surface area is 81.9 Å².